The molecule has 0 radical (unpaired) electrons. The maximum atomic E-state index is 10.2. The summed E-state index contributed by atoms with van der Waals surface area (Å²) >= 11 is 0. The molecule has 0 amide bonds. The molecule has 1 saturated heterocycles. The number of phenolic OH excluding ortho intramolecular Hbond substituents is 1. The molecule has 19 heavy (non-hydrogen) atoms. The molecular formula is C16H25NO2. The molecule has 1 heterocycles. The molecule has 0 aliphatic carbocycles. The molecule has 3 heteroatoms. The Bertz CT molecular complexity index is 406. The second-order valence-electron chi connectivity index (χ2n) is 5.35. The summed E-state index contributed by atoms with van der Waals surface area (Å²) in [6.07, 6.45) is 6.39. The zero-order chi connectivity index (χ0) is 13.7. The number of hydrogen-bond acceptors (Lipinski definition) is 3. The quantitative estimate of drug-likeness (QED) is 0.901. The number of methoxy groups -OCH3 is 1. The van der Waals surface area contributed by atoms with Crippen LogP contribution in [-0.2, 0) is 6.54 Å². The summed E-state index contributed by atoms with van der Waals surface area (Å²) in [5.41, 5.74) is 0.972. The summed E-state index contributed by atoms with van der Waals surface area (Å²) in [5, 5.41) is 10.2. The van der Waals surface area contributed by atoms with E-state index in [9.17, 15) is 5.11 Å². The third-order valence-electron chi connectivity index (χ3n) is 4.15. The van der Waals surface area contributed by atoms with Gasteiger partial charge in [0, 0.05) is 18.2 Å². The molecule has 1 unspecified atom stereocenters. The van der Waals surface area contributed by atoms with E-state index < -0.39 is 0 Å². The molecule has 1 N–H and O–H groups in total. The minimum atomic E-state index is 0.295. The lowest BCUT2D eigenvalue weighted by atomic mass is 10.1. The first-order valence-electron chi connectivity index (χ1n) is 7.35. The van der Waals surface area contributed by atoms with Crippen LogP contribution in [-0.4, -0.2) is 29.7 Å². The van der Waals surface area contributed by atoms with E-state index in [0.717, 1.165) is 18.7 Å². The van der Waals surface area contributed by atoms with E-state index in [1.807, 2.05) is 12.1 Å². The number of nitrogens with zero attached hydrogens (tertiary/aromatic N) is 1. The number of rotatable bonds is 4. The highest BCUT2D eigenvalue weighted by atomic mass is 16.5. The van der Waals surface area contributed by atoms with Crippen molar-refractivity contribution in [3.05, 3.63) is 23.8 Å². The van der Waals surface area contributed by atoms with Crippen molar-refractivity contribution >= 4 is 0 Å². The summed E-state index contributed by atoms with van der Waals surface area (Å²) in [6, 6.07) is 6.40. The predicted octanol–water partition coefficient (Wildman–Crippen LogP) is 3.56. The van der Waals surface area contributed by atoms with Crippen LogP contribution in [0.2, 0.25) is 0 Å². The number of likely N-dealkylation sites (tertiary alicyclic amines) is 1. The first kappa shape index (κ1) is 14.2. The molecule has 1 fully saturated rings. The van der Waals surface area contributed by atoms with Gasteiger partial charge in [0.1, 0.15) is 0 Å². The van der Waals surface area contributed by atoms with Crippen LogP contribution in [0.3, 0.4) is 0 Å². The number of phenols is 1. The molecular weight excluding hydrogens is 238 g/mol. The highest BCUT2D eigenvalue weighted by Crippen LogP contribution is 2.31. The van der Waals surface area contributed by atoms with Crippen LogP contribution in [0.4, 0.5) is 0 Å². The Balaban J connectivity index is 2.14. The maximum Gasteiger partial charge on any atom is 0.162 e. The van der Waals surface area contributed by atoms with Crippen LogP contribution < -0.4 is 4.74 Å². The fraction of sp³-hybridized carbons (Fsp3) is 0.625. The summed E-state index contributed by atoms with van der Waals surface area (Å²) in [5.74, 6) is 0.865. The second-order valence-corrected chi connectivity index (χ2v) is 5.35. The van der Waals surface area contributed by atoms with E-state index in [-0.39, 0.29) is 0 Å². The van der Waals surface area contributed by atoms with E-state index in [4.69, 9.17) is 4.74 Å². The van der Waals surface area contributed by atoms with Gasteiger partial charge in [-0.3, -0.25) is 4.90 Å². The van der Waals surface area contributed by atoms with Crippen LogP contribution in [0.25, 0.3) is 0 Å². The molecule has 0 aromatic heterocycles. The fourth-order valence-electron chi connectivity index (χ4n) is 2.99. The molecule has 2 rings (SSSR count). The SMILES string of the molecule is CCC1CCCCCN1Cc1cccc(OC)c1O. The number of ether oxygens (including phenoxy) is 1. The molecule has 1 aromatic carbocycles. The van der Waals surface area contributed by atoms with Gasteiger partial charge in [-0.2, -0.15) is 0 Å². The van der Waals surface area contributed by atoms with Crippen molar-refractivity contribution in [2.45, 2.75) is 51.6 Å². The van der Waals surface area contributed by atoms with Crippen LogP contribution in [0.1, 0.15) is 44.6 Å². The minimum Gasteiger partial charge on any atom is -0.504 e. The lowest BCUT2D eigenvalue weighted by molar-refractivity contribution is 0.184. The van der Waals surface area contributed by atoms with Gasteiger partial charge in [-0.25, -0.2) is 0 Å². The van der Waals surface area contributed by atoms with Crippen molar-refractivity contribution < 1.29 is 9.84 Å². The average Bonchev–Trinajstić information content (AvgIpc) is 2.66. The van der Waals surface area contributed by atoms with Crippen LogP contribution in [0.15, 0.2) is 18.2 Å². The van der Waals surface area contributed by atoms with Gasteiger partial charge in [0.05, 0.1) is 7.11 Å². The van der Waals surface area contributed by atoms with Crippen molar-refractivity contribution in [1.82, 2.24) is 4.90 Å². The molecule has 106 valence electrons. The van der Waals surface area contributed by atoms with E-state index in [1.54, 1.807) is 13.2 Å². The Kier molecular flexibility index (Phi) is 5.08. The third kappa shape index (κ3) is 3.41. The Morgan fingerprint density at radius 1 is 1.32 bits per heavy atom. The van der Waals surface area contributed by atoms with Gasteiger partial charge in [0.25, 0.3) is 0 Å². The Labute approximate surface area is 116 Å². The molecule has 1 aromatic rings. The van der Waals surface area contributed by atoms with Crippen molar-refractivity contribution in [1.29, 1.82) is 0 Å². The largest absolute Gasteiger partial charge is 0.504 e. The first-order chi connectivity index (χ1) is 9.26. The minimum absolute atomic E-state index is 0.295. The van der Waals surface area contributed by atoms with Crippen molar-refractivity contribution in [3.8, 4) is 11.5 Å². The highest BCUT2D eigenvalue weighted by Gasteiger charge is 2.21. The monoisotopic (exact) mass is 263 g/mol. The normalized spacial score (nSPS) is 21.1. The van der Waals surface area contributed by atoms with E-state index in [2.05, 4.69) is 11.8 Å². The van der Waals surface area contributed by atoms with Gasteiger partial charge in [-0.15, -0.1) is 0 Å². The molecule has 1 atom stereocenters. The summed E-state index contributed by atoms with van der Waals surface area (Å²) in [4.78, 5) is 2.52. The zero-order valence-corrected chi connectivity index (χ0v) is 12.1. The zero-order valence-electron chi connectivity index (χ0n) is 12.1. The molecule has 0 saturated carbocycles. The van der Waals surface area contributed by atoms with Gasteiger partial charge >= 0.3 is 0 Å². The average molecular weight is 263 g/mol. The molecule has 3 nitrogen and oxygen atoms in total. The van der Waals surface area contributed by atoms with Gasteiger partial charge in [0.2, 0.25) is 0 Å². The Morgan fingerprint density at radius 2 is 2.16 bits per heavy atom. The predicted molar refractivity (Wildman–Crippen MR) is 77.6 cm³/mol. The Hall–Kier alpha value is -1.22. The van der Waals surface area contributed by atoms with E-state index in [1.165, 1.54) is 32.1 Å². The number of aromatic hydroxyl groups is 1. The molecule has 0 spiro atoms. The number of hydrogen-bond donors (Lipinski definition) is 1. The lowest BCUT2D eigenvalue weighted by Crippen LogP contribution is -2.33. The van der Waals surface area contributed by atoms with Crippen molar-refractivity contribution in [2.75, 3.05) is 13.7 Å². The van der Waals surface area contributed by atoms with Gasteiger partial charge in [0.15, 0.2) is 11.5 Å². The topological polar surface area (TPSA) is 32.7 Å². The van der Waals surface area contributed by atoms with Crippen molar-refractivity contribution in [3.63, 3.8) is 0 Å². The van der Waals surface area contributed by atoms with E-state index >= 15 is 0 Å². The maximum absolute atomic E-state index is 10.2. The standard InChI is InChI=1S/C16H25NO2/c1-3-14-9-5-4-6-11-17(14)12-13-8-7-10-15(19-2)16(13)18/h7-8,10,14,18H,3-6,9,11-12H2,1-2H3. The summed E-state index contributed by atoms with van der Waals surface area (Å²) in [6.45, 7) is 4.21. The second kappa shape index (κ2) is 6.80. The smallest absolute Gasteiger partial charge is 0.162 e. The molecule has 1 aliphatic rings. The van der Waals surface area contributed by atoms with Gasteiger partial charge in [-0.05, 0) is 31.9 Å². The highest BCUT2D eigenvalue weighted by molar-refractivity contribution is 5.45. The van der Waals surface area contributed by atoms with Crippen molar-refractivity contribution in [2.24, 2.45) is 0 Å². The third-order valence-corrected chi connectivity index (χ3v) is 4.15. The van der Waals surface area contributed by atoms with Crippen LogP contribution in [0.5, 0.6) is 11.5 Å². The van der Waals surface area contributed by atoms with Gasteiger partial charge in [-0.1, -0.05) is 31.9 Å². The lowest BCUT2D eigenvalue weighted by Gasteiger charge is -2.29. The first-order valence-corrected chi connectivity index (χ1v) is 7.35. The number of benzene rings is 1. The van der Waals surface area contributed by atoms with Crippen LogP contribution in [0, 0.1) is 0 Å². The van der Waals surface area contributed by atoms with Gasteiger partial charge < -0.3 is 9.84 Å². The summed E-state index contributed by atoms with van der Waals surface area (Å²) in [7, 11) is 1.60. The number of para-hydroxylation sites is 1. The fourth-order valence-corrected chi connectivity index (χ4v) is 2.99. The molecule has 1 aliphatic heterocycles. The Morgan fingerprint density at radius 3 is 2.89 bits per heavy atom. The van der Waals surface area contributed by atoms with Crippen LogP contribution >= 0.6 is 0 Å². The molecule has 0 bridgehead atoms. The summed E-state index contributed by atoms with van der Waals surface area (Å²) < 4.78 is 5.18. The van der Waals surface area contributed by atoms with E-state index in [0.29, 0.717) is 17.5 Å².